The third-order valence-corrected chi connectivity index (χ3v) is 2.61. The number of hydrogen-bond acceptors (Lipinski definition) is 3. The first kappa shape index (κ1) is 10.4. The van der Waals surface area contributed by atoms with Crippen molar-refractivity contribution in [3.8, 4) is 11.6 Å². The molecule has 1 heterocycles. The molecule has 1 aromatic carbocycles. The Bertz CT molecular complexity index is 456. The van der Waals surface area contributed by atoms with Crippen molar-refractivity contribution in [3.63, 3.8) is 0 Å². The molecule has 0 radical (unpaired) electrons. The van der Waals surface area contributed by atoms with Gasteiger partial charge in [0.15, 0.2) is 0 Å². The summed E-state index contributed by atoms with van der Waals surface area (Å²) in [5, 5.41) is 0. The Morgan fingerprint density at radius 3 is 2.60 bits per heavy atom. The highest BCUT2D eigenvalue weighted by atomic mass is 127. The molecule has 15 heavy (non-hydrogen) atoms. The number of rotatable bonds is 2. The molecule has 0 aliphatic rings. The van der Waals surface area contributed by atoms with Crippen LogP contribution in [-0.2, 0) is 0 Å². The second-order valence-electron chi connectivity index (χ2n) is 3.09. The molecule has 0 aliphatic carbocycles. The summed E-state index contributed by atoms with van der Waals surface area (Å²) in [7, 11) is 0. The fraction of sp³-hybridized carbons (Fsp3) is 0.0909. The Balaban J connectivity index is 2.22. The molecule has 0 N–H and O–H groups in total. The van der Waals surface area contributed by atoms with E-state index in [9.17, 15) is 0 Å². The van der Waals surface area contributed by atoms with Gasteiger partial charge in [0, 0.05) is 6.20 Å². The van der Waals surface area contributed by atoms with Crippen LogP contribution in [0.4, 0.5) is 0 Å². The van der Waals surface area contributed by atoms with Crippen LogP contribution >= 0.6 is 22.6 Å². The van der Waals surface area contributed by atoms with E-state index in [0.717, 1.165) is 9.32 Å². The first-order valence-corrected chi connectivity index (χ1v) is 5.53. The quantitative estimate of drug-likeness (QED) is 0.799. The maximum absolute atomic E-state index is 5.61. The average Bonchev–Trinajstić information content (AvgIpc) is 2.25. The Hall–Kier alpha value is -1.17. The lowest BCUT2D eigenvalue weighted by Crippen LogP contribution is -1.91. The third-order valence-electron chi connectivity index (χ3n) is 1.87. The summed E-state index contributed by atoms with van der Waals surface area (Å²) in [6.45, 7) is 2.04. The molecule has 2 aromatic rings. The molecule has 0 aliphatic heterocycles. The molecule has 0 fully saturated rings. The molecule has 1 aromatic heterocycles. The van der Waals surface area contributed by atoms with Gasteiger partial charge in [-0.05, 0) is 41.6 Å². The van der Waals surface area contributed by atoms with Crippen molar-refractivity contribution in [1.29, 1.82) is 0 Å². The second-order valence-corrected chi connectivity index (χ2v) is 4.25. The first-order valence-electron chi connectivity index (χ1n) is 4.46. The molecule has 3 nitrogen and oxygen atoms in total. The van der Waals surface area contributed by atoms with Gasteiger partial charge in [-0.25, -0.2) is 9.97 Å². The minimum atomic E-state index is 0.592. The zero-order chi connectivity index (χ0) is 10.7. The van der Waals surface area contributed by atoms with Crippen LogP contribution in [0.1, 0.15) is 5.56 Å². The van der Waals surface area contributed by atoms with Gasteiger partial charge in [-0.2, -0.15) is 0 Å². The summed E-state index contributed by atoms with van der Waals surface area (Å²) >= 11 is 2.14. The van der Waals surface area contributed by atoms with Crippen molar-refractivity contribution in [2.75, 3.05) is 0 Å². The molecule has 0 unspecified atom stereocenters. The lowest BCUT2D eigenvalue weighted by molar-refractivity contribution is 0.457. The Labute approximate surface area is 102 Å². The molecule has 4 heteroatoms. The minimum absolute atomic E-state index is 0.592. The summed E-state index contributed by atoms with van der Waals surface area (Å²) in [4.78, 5) is 7.96. The molecule has 0 saturated heterocycles. The average molecular weight is 312 g/mol. The van der Waals surface area contributed by atoms with Crippen LogP contribution in [-0.4, -0.2) is 9.97 Å². The topological polar surface area (TPSA) is 35.0 Å². The fourth-order valence-electron chi connectivity index (χ4n) is 1.09. The lowest BCUT2D eigenvalue weighted by Gasteiger charge is -2.05. The standard InChI is InChI=1S/C11H9IN2O/c1-8-2-4-9(5-3-8)15-11-10(12)6-13-7-14-11/h2-7H,1H3. The molecule has 0 spiro atoms. The zero-order valence-corrected chi connectivity index (χ0v) is 10.3. The van der Waals surface area contributed by atoms with E-state index in [1.54, 1.807) is 6.20 Å². The number of halogens is 1. The highest BCUT2D eigenvalue weighted by Gasteiger charge is 2.02. The van der Waals surface area contributed by atoms with Crippen LogP contribution < -0.4 is 4.74 Å². The number of benzene rings is 1. The number of aromatic nitrogens is 2. The Morgan fingerprint density at radius 1 is 1.20 bits per heavy atom. The van der Waals surface area contributed by atoms with Crippen molar-refractivity contribution >= 4 is 22.6 Å². The second kappa shape index (κ2) is 4.57. The summed E-state index contributed by atoms with van der Waals surface area (Å²) in [5.41, 5.74) is 1.21. The maximum atomic E-state index is 5.61. The van der Waals surface area contributed by atoms with E-state index in [4.69, 9.17) is 4.74 Å². The summed E-state index contributed by atoms with van der Waals surface area (Å²) in [6.07, 6.45) is 3.20. The van der Waals surface area contributed by atoms with Crippen LogP contribution in [0.3, 0.4) is 0 Å². The van der Waals surface area contributed by atoms with Crippen molar-refractivity contribution < 1.29 is 4.74 Å². The van der Waals surface area contributed by atoms with E-state index >= 15 is 0 Å². The van der Waals surface area contributed by atoms with Gasteiger partial charge in [0.05, 0.1) is 3.57 Å². The predicted molar refractivity (Wildman–Crippen MR) is 66.0 cm³/mol. The fourth-order valence-corrected chi connectivity index (χ4v) is 1.50. The third kappa shape index (κ3) is 2.65. The highest BCUT2D eigenvalue weighted by Crippen LogP contribution is 2.23. The predicted octanol–water partition coefficient (Wildman–Crippen LogP) is 3.18. The van der Waals surface area contributed by atoms with Gasteiger partial charge < -0.3 is 4.74 Å². The largest absolute Gasteiger partial charge is 0.438 e. The molecule has 76 valence electrons. The van der Waals surface area contributed by atoms with Gasteiger partial charge in [0.25, 0.3) is 0 Å². The van der Waals surface area contributed by atoms with Crippen molar-refractivity contribution in [2.24, 2.45) is 0 Å². The summed E-state index contributed by atoms with van der Waals surface area (Å²) in [6, 6.07) is 7.85. The smallest absolute Gasteiger partial charge is 0.235 e. The molecular formula is C11H9IN2O. The van der Waals surface area contributed by atoms with E-state index in [-0.39, 0.29) is 0 Å². The van der Waals surface area contributed by atoms with Gasteiger partial charge in [0.2, 0.25) is 5.88 Å². The number of nitrogens with zero attached hydrogens (tertiary/aromatic N) is 2. The van der Waals surface area contributed by atoms with Crippen LogP contribution in [0.25, 0.3) is 0 Å². The van der Waals surface area contributed by atoms with Crippen LogP contribution in [0.2, 0.25) is 0 Å². The van der Waals surface area contributed by atoms with E-state index in [2.05, 4.69) is 32.6 Å². The maximum Gasteiger partial charge on any atom is 0.235 e. The normalized spacial score (nSPS) is 10.0. The van der Waals surface area contributed by atoms with Gasteiger partial charge in [-0.3, -0.25) is 0 Å². The van der Waals surface area contributed by atoms with E-state index < -0.39 is 0 Å². The number of hydrogen-bond donors (Lipinski definition) is 0. The lowest BCUT2D eigenvalue weighted by atomic mass is 10.2. The summed E-state index contributed by atoms with van der Waals surface area (Å²) < 4.78 is 6.50. The van der Waals surface area contributed by atoms with Crippen LogP contribution in [0.15, 0.2) is 36.8 Å². The number of ether oxygens (including phenoxy) is 1. The van der Waals surface area contributed by atoms with Crippen molar-refractivity contribution in [3.05, 3.63) is 45.9 Å². The van der Waals surface area contributed by atoms with Gasteiger partial charge >= 0.3 is 0 Å². The minimum Gasteiger partial charge on any atom is -0.438 e. The van der Waals surface area contributed by atoms with Crippen molar-refractivity contribution in [2.45, 2.75) is 6.92 Å². The summed E-state index contributed by atoms with van der Waals surface area (Å²) in [5.74, 6) is 1.38. The zero-order valence-electron chi connectivity index (χ0n) is 8.14. The van der Waals surface area contributed by atoms with E-state index in [0.29, 0.717) is 5.88 Å². The first-order chi connectivity index (χ1) is 7.25. The molecule has 0 bridgehead atoms. The molecular weight excluding hydrogens is 303 g/mol. The Kier molecular flexibility index (Phi) is 3.15. The van der Waals surface area contributed by atoms with Gasteiger partial charge in [-0.15, -0.1) is 0 Å². The highest BCUT2D eigenvalue weighted by molar-refractivity contribution is 14.1. The molecule has 0 atom stereocenters. The van der Waals surface area contributed by atoms with E-state index in [1.165, 1.54) is 11.9 Å². The molecule has 2 rings (SSSR count). The molecule has 0 amide bonds. The van der Waals surface area contributed by atoms with Gasteiger partial charge in [-0.1, -0.05) is 17.7 Å². The Morgan fingerprint density at radius 2 is 1.93 bits per heavy atom. The van der Waals surface area contributed by atoms with E-state index in [1.807, 2.05) is 31.2 Å². The monoisotopic (exact) mass is 312 g/mol. The van der Waals surface area contributed by atoms with Crippen LogP contribution in [0.5, 0.6) is 11.6 Å². The van der Waals surface area contributed by atoms with Crippen LogP contribution in [0, 0.1) is 10.5 Å². The number of aryl methyl sites for hydroxylation is 1. The SMILES string of the molecule is Cc1ccc(Oc2ncncc2I)cc1. The molecule has 0 saturated carbocycles. The van der Waals surface area contributed by atoms with Crippen molar-refractivity contribution in [1.82, 2.24) is 9.97 Å². The van der Waals surface area contributed by atoms with Gasteiger partial charge in [0.1, 0.15) is 12.1 Å².